The van der Waals surface area contributed by atoms with Crippen LogP contribution in [0, 0.1) is 5.82 Å². The van der Waals surface area contributed by atoms with E-state index in [0.29, 0.717) is 11.4 Å². The Hall–Kier alpha value is -0.910. The molecule has 20 heavy (non-hydrogen) atoms. The summed E-state index contributed by atoms with van der Waals surface area (Å²) in [4.78, 5) is 4.83. The summed E-state index contributed by atoms with van der Waals surface area (Å²) in [7, 11) is 0. The molecule has 1 aromatic heterocycles. The van der Waals surface area contributed by atoms with Crippen molar-refractivity contribution >= 4 is 27.7 Å². The second-order valence-electron chi connectivity index (χ2n) is 4.36. The van der Waals surface area contributed by atoms with Crippen LogP contribution in [0.25, 0.3) is 0 Å². The number of hydrogen-bond donors (Lipinski definition) is 1. The van der Waals surface area contributed by atoms with Crippen molar-refractivity contribution in [3.63, 3.8) is 0 Å². The number of pyridine rings is 1. The third-order valence-electron chi connectivity index (χ3n) is 2.67. The van der Waals surface area contributed by atoms with Gasteiger partial charge in [-0.2, -0.15) is 0 Å². The van der Waals surface area contributed by atoms with E-state index in [1.165, 1.54) is 11.8 Å². The number of hydrogen-bond acceptors (Lipinski definition) is 3. The first-order valence-electron chi connectivity index (χ1n) is 6.47. The second kappa shape index (κ2) is 7.76. The van der Waals surface area contributed by atoms with Gasteiger partial charge in [-0.3, -0.25) is 0 Å². The lowest BCUT2D eigenvalue weighted by Gasteiger charge is -2.07. The lowest BCUT2D eigenvalue weighted by atomic mass is 10.2. The van der Waals surface area contributed by atoms with Crippen LogP contribution in [0.2, 0.25) is 0 Å². The maximum absolute atomic E-state index is 14.0. The zero-order chi connectivity index (χ0) is 14.4. The minimum atomic E-state index is -0.199. The van der Waals surface area contributed by atoms with Gasteiger partial charge >= 0.3 is 0 Å². The van der Waals surface area contributed by atoms with Gasteiger partial charge in [-0.15, -0.1) is 0 Å². The lowest BCUT2D eigenvalue weighted by Crippen LogP contribution is -2.13. The van der Waals surface area contributed by atoms with Crippen LogP contribution >= 0.6 is 27.7 Å². The van der Waals surface area contributed by atoms with E-state index in [0.717, 1.165) is 28.0 Å². The van der Waals surface area contributed by atoms with Crippen molar-refractivity contribution in [3.05, 3.63) is 52.4 Å². The van der Waals surface area contributed by atoms with E-state index in [-0.39, 0.29) is 5.82 Å². The first-order chi connectivity index (χ1) is 9.69. The van der Waals surface area contributed by atoms with Gasteiger partial charge < -0.3 is 5.32 Å². The third-order valence-corrected chi connectivity index (χ3v) is 4.14. The van der Waals surface area contributed by atoms with E-state index in [1.807, 2.05) is 24.3 Å². The molecule has 0 aliphatic rings. The van der Waals surface area contributed by atoms with Crippen molar-refractivity contribution in [2.75, 3.05) is 6.54 Å². The molecule has 1 N–H and O–H groups in total. The van der Waals surface area contributed by atoms with Gasteiger partial charge in [0.15, 0.2) is 0 Å². The summed E-state index contributed by atoms with van der Waals surface area (Å²) in [5, 5.41) is 4.04. The fourth-order valence-electron chi connectivity index (χ4n) is 1.68. The van der Waals surface area contributed by atoms with Crippen LogP contribution in [0.1, 0.15) is 18.9 Å². The predicted molar refractivity (Wildman–Crippen MR) is 84.5 cm³/mol. The minimum absolute atomic E-state index is 0.199. The average molecular weight is 355 g/mol. The topological polar surface area (TPSA) is 24.9 Å². The fourth-order valence-corrected chi connectivity index (χ4v) is 2.68. The molecule has 0 spiro atoms. The number of nitrogens with zero attached hydrogens (tertiary/aromatic N) is 1. The second-order valence-corrected chi connectivity index (χ2v) is 6.34. The molecule has 0 saturated heterocycles. The molecule has 0 aliphatic carbocycles. The third kappa shape index (κ3) is 4.58. The Morgan fingerprint density at radius 1 is 1.30 bits per heavy atom. The summed E-state index contributed by atoms with van der Waals surface area (Å²) < 4.78 is 15.0. The molecule has 1 aromatic carbocycles. The number of rotatable bonds is 6. The van der Waals surface area contributed by atoms with Crippen LogP contribution in [0.15, 0.2) is 50.9 Å². The van der Waals surface area contributed by atoms with Gasteiger partial charge in [0.25, 0.3) is 0 Å². The largest absolute Gasteiger partial charge is 0.313 e. The van der Waals surface area contributed by atoms with Gasteiger partial charge in [-0.1, -0.05) is 24.8 Å². The fraction of sp³-hybridized carbons (Fsp3) is 0.267. The molecule has 0 saturated carbocycles. The molecule has 2 nitrogen and oxygen atoms in total. The molecule has 2 rings (SSSR count). The molecule has 0 aliphatic heterocycles. The van der Waals surface area contributed by atoms with Gasteiger partial charge in [-0.05, 0) is 58.7 Å². The van der Waals surface area contributed by atoms with Gasteiger partial charge in [0.2, 0.25) is 0 Å². The van der Waals surface area contributed by atoms with Crippen LogP contribution in [0.3, 0.4) is 0 Å². The monoisotopic (exact) mass is 354 g/mol. The predicted octanol–water partition coefficient (Wildman–Crippen LogP) is 4.63. The summed E-state index contributed by atoms with van der Waals surface area (Å²) in [5.74, 6) is -0.199. The van der Waals surface area contributed by atoms with E-state index in [2.05, 4.69) is 33.2 Å². The molecule has 106 valence electrons. The van der Waals surface area contributed by atoms with E-state index in [4.69, 9.17) is 0 Å². The van der Waals surface area contributed by atoms with Crippen LogP contribution in [0.4, 0.5) is 4.39 Å². The van der Waals surface area contributed by atoms with Crippen LogP contribution in [-0.2, 0) is 6.54 Å². The standard InChI is InChI=1S/C15H16BrFN2S/c1-2-7-18-9-11-3-5-14(13(17)8-11)20-15-6-4-12(16)10-19-15/h3-6,8,10,18H,2,7,9H2,1H3. The minimum Gasteiger partial charge on any atom is -0.313 e. The zero-order valence-electron chi connectivity index (χ0n) is 11.2. The summed E-state index contributed by atoms with van der Waals surface area (Å²) in [6, 6.07) is 9.12. The van der Waals surface area contributed by atoms with Gasteiger partial charge in [0, 0.05) is 22.1 Å². The Kier molecular flexibility index (Phi) is 6.01. The maximum Gasteiger partial charge on any atom is 0.137 e. The first kappa shape index (κ1) is 15.5. The van der Waals surface area contributed by atoms with Gasteiger partial charge in [0.1, 0.15) is 10.8 Å². The summed E-state index contributed by atoms with van der Waals surface area (Å²) in [6.45, 7) is 3.76. The Balaban J connectivity index is 2.03. The van der Waals surface area contributed by atoms with Crippen molar-refractivity contribution in [1.29, 1.82) is 0 Å². The quantitative estimate of drug-likeness (QED) is 0.765. The summed E-state index contributed by atoms with van der Waals surface area (Å²) in [6.07, 6.45) is 2.79. The highest BCUT2D eigenvalue weighted by atomic mass is 79.9. The molecule has 5 heteroatoms. The molecule has 1 heterocycles. The number of benzene rings is 1. The molecule has 2 aromatic rings. The van der Waals surface area contributed by atoms with Crippen LogP contribution < -0.4 is 5.32 Å². The van der Waals surface area contributed by atoms with Crippen LogP contribution in [0.5, 0.6) is 0 Å². The number of nitrogens with one attached hydrogen (secondary N) is 1. The van der Waals surface area contributed by atoms with Crippen molar-refractivity contribution in [1.82, 2.24) is 10.3 Å². The Labute approximate surface area is 131 Å². The number of aromatic nitrogens is 1. The Morgan fingerprint density at radius 2 is 2.15 bits per heavy atom. The SMILES string of the molecule is CCCNCc1ccc(Sc2ccc(Br)cn2)c(F)c1. The summed E-state index contributed by atoms with van der Waals surface area (Å²) >= 11 is 4.66. The van der Waals surface area contributed by atoms with Gasteiger partial charge in [-0.25, -0.2) is 9.37 Å². The Bertz CT molecular complexity index is 560. The van der Waals surface area contributed by atoms with E-state index in [1.54, 1.807) is 12.3 Å². The molecule has 0 radical (unpaired) electrons. The number of halogens is 2. The highest BCUT2D eigenvalue weighted by molar-refractivity contribution is 9.10. The molecule has 0 unspecified atom stereocenters. The van der Waals surface area contributed by atoms with Crippen LogP contribution in [-0.4, -0.2) is 11.5 Å². The normalized spacial score (nSPS) is 10.8. The molecule has 0 amide bonds. The van der Waals surface area contributed by atoms with Crippen molar-refractivity contribution < 1.29 is 4.39 Å². The molecule has 0 fully saturated rings. The van der Waals surface area contributed by atoms with Gasteiger partial charge in [0.05, 0.1) is 0 Å². The van der Waals surface area contributed by atoms with E-state index in [9.17, 15) is 4.39 Å². The Morgan fingerprint density at radius 3 is 2.80 bits per heavy atom. The molecular weight excluding hydrogens is 339 g/mol. The van der Waals surface area contributed by atoms with Crippen molar-refractivity contribution in [2.24, 2.45) is 0 Å². The molecule has 0 bridgehead atoms. The smallest absolute Gasteiger partial charge is 0.137 e. The van der Waals surface area contributed by atoms with Crippen molar-refractivity contribution in [2.45, 2.75) is 29.8 Å². The van der Waals surface area contributed by atoms with E-state index >= 15 is 0 Å². The maximum atomic E-state index is 14.0. The lowest BCUT2D eigenvalue weighted by molar-refractivity contribution is 0.595. The average Bonchev–Trinajstić information content (AvgIpc) is 2.44. The highest BCUT2D eigenvalue weighted by Crippen LogP contribution is 2.29. The first-order valence-corrected chi connectivity index (χ1v) is 8.08. The highest BCUT2D eigenvalue weighted by Gasteiger charge is 2.06. The summed E-state index contributed by atoms with van der Waals surface area (Å²) in [5.41, 5.74) is 0.962. The zero-order valence-corrected chi connectivity index (χ0v) is 13.6. The molecular formula is C15H16BrFN2S. The molecule has 0 atom stereocenters. The van der Waals surface area contributed by atoms with Crippen molar-refractivity contribution in [3.8, 4) is 0 Å². The van der Waals surface area contributed by atoms with E-state index < -0.39 is 0 Å².